The second-order valence-corrected chi connectivity index (χ2v) is 4.80. The topological polar surface area (TPSA) is 38.3 Å². The fraction of sp³-hybridized carbons (Fsp3) is 0.533. The van der Waals surface area contributed by atoms with E-state index in [4.69, 9.17) is 4.74 Å². The quantitative estimate of drug-likeness (QED) is 0.640. The van der Waals surface area contributed by atoms with Crippen LogP contribution in [0.25, 0.3) is 0 Å². The molecule has 1 aromatic rings. The molecule has 1 aliphatic rings. The predicted octanol–water partition coefficient (Wildman–Crippen LogP) is 2.16. The van der Waals surface area contributed by atoms with Crippen molar-refractivity contribution in [3.05, 3.63) is 35.9 Å². The normalized spacial score (nSPS) is 19.4. The lowest BCUT2D eigenvalue weighted by Crippen LogP contribution is -2.35. The number of nitrogens with one attached hydrogen (secondary N) is 1. The zero-order chi connectivity index (χ0) is 12.6. The summed E-state index contributed by atoms with van der Waals surface area (Å²) in [6, 6.07) is 10.3. The first-order valence-corrected chi connectivity index (χ1v) is 6.77. The van der Waals surface area contributed by atoms with Crippen LogP contribution >= 0.6 is 0 Å². The fourth-order valence-corrected chi connectivity index (χ4v) is 2.26. The van der Waals surface area contributed by atoms with Crippen molar-refractivity contribution >= 4 is 5.97 Å². The van der Waals surface area contributed by atoms with Crippen molar-refractivity contribution in [1.29, 1.82) is 0 Å². The lowest BCUT2D eigenvalue weighted by atomic mass is 10.0. The first-order valence-electron chi connectivity index (χ1n) is 6.77. The number of carbonyl (C=O) groups is 1. The summed E-state index contributed by atoms with van der Waals surface area (Å²) in [5.41, 5.74) is 1.30. The van der Waals surface area contributed by atoms with Crippen LogP contribution in [0.3, 0.4) is 0 Å². The van der Waals surface area contributed by atoms with E-state index in [9.17, 15) is 4.79 Å². The molecule has 0 saturated carbocycles. The number of ether oxygens (including phenoxy) is 1. The molecule has 1 atom stereocenters. The number of benzene rings is 1. The molecular weight excluding hydrogens is 226 g/mol. The van der Waals surface area contributed by atoms with Crippen LogP contribution in [-0.2, 0) is 16.0 Å². The Balaban J connectivity index is 1.61. The van der Waals surface area contributed by atoms with Gasteiger partial charge in [0.2, 0.25) is 0 Å². The smallest absolute Gasteiger partial charge is 0.310 e. The largest absolute Gasteiger partial charge is 0.465 e. The van der Waals surface area contributed by atoms with Crippen molar-refractivity contribution < 1.29 is 9.53 Å². The molecule has 0 amide bonds. The van der Waals surface area contributed by atoms with E-state index in [-0.39, 0.29) is 11.9 Å². The Labute approximate surface area is 109 Å². The van der Waals surface area contributed by atoms with Crippen LogP contribution in [0.4, 0.5) is 0 Å². The number of carbonyl (C=O) groups excluding carboxylic acids is 1. The van der Waals surface area contributed by atoms with Gasteiger partial charge in [-0.2, -0.15) is 0 Å². The lowest BCUT2D eigenvalue weighted by Gasteiger charge is -2.21. The summed E-state index contributed by atoms with van der Waals surface area (Å²) < 4.78 is 5.32. The molecule has 1 aliphatic heterocycles. The van der Waals surface area contributed by atoms with Gasteiger partial charge in [0.1, 0.15) is 0 Å². The van der Waals surface area contributed by atoms with Gasteiger partial charge in [-0.15, -0.1) is 0 Å². The van der Waals surface area contributed by atoms with Gasteiger partial charge < -0.3 is 10.1 Å². The van der Waals surface area contributed by atoms with E-state index in [1.54, 1.807) is 0 Å². The van der Waals surface area contributed by atoms with Crippen LogP contribution in [0, 0.1) is 5.92 Å². The molecule has 0 bridgehead atoms. The third kappa shape index (κ3) is 4.15. The molecule has 3 heteroatoms. The molecule has 98 valence electrons. The van der Waals surface area contributed by atoms with E-state index in [2.05, 4.69) is 17.4 Å². The van der Waals surface area contributed by atoms with E-state index >= 15 is 0 Å². The number of hydrogen-bond acceptors (Lipinski definition) is 3. The van der Waals surface area contributed by atoms with Crippen molar-refractivity contribution in [2.24, 2.45) is 5.92 Å². The molecule has 2 rings (SSSR count). The molecule has 18 heavy (non-hydrogen) atoms. The van der Waals surface area contributed by atoms with E-state index in [1.165, 1.54) is 5.56 Å². The Hall–Kier alpha value is -1.35. The van der Waals surface area contributed by atoms with Crippen LogP contribution in [0.1, 0.15) is 24.8 Å². The van der Waals surface area contributed by atoms with Gasteiger partial charge in [0, 0.05) is 6.54 Å². The second kappa shape index (κ2) is 7.17. The highest BCUT2D eigenvalue weighted by Crippen LogP contribution is 2.12. The maximum atomic E-state index is 11.7. The van der Waals surface area contributed by atoms with Crippen LogP contribution < -0.4 is 5.32 Å². The fourth-order valence-electron chi connectivity index (χ4n) is 2.26. The van der Waals surface area contributed by atoms with E-state index in [0.29, 0.717) is 6.61 Å². The Morgan fingerprint density at radius 2 is 2.17 bits per heavy atom. The van der Waals surface area contributed by atoms with Crippen LogP contribution in [0.5, 0.6) is 0 Å². The van der Waals surface area contributed by atoms with Gasteiger partial charge in [0.15, 0.2) is 0 Å². The van der Waals surface area contributed by atoms with Crippen LogP contribution in [0.15, 0.2) is 30.3 Å². The number of hydrogen-bond donors (Lipinski definition) is 1. The third-order valence-corrected chi connectivity index (χ3v) is 3.33. The standard InChI is InChI=1S/C15H21NO2/c17-15(14-9-4-10-16-12-14)18-11-5-8-13-6-2-1-3-7-13/h1-3,6-7,14,16H,4-5,8-12H2. The molecule has 1 saturated heterocycles. The van der Waals surface area contributed by atoms with Crippen molar-refractivity contribution in [3.63, 3.8) is 0 Å². The van der Waals surface area contributed by atoms with Gasteiger partial charge in [0.05, 0.1) is 12.5 Å². The summed E-state index contributed by atoms with van der Waals surface area (Å²) in [6.07, 6.45) is 3.90. The molecule has 1 unspecified atom stereocenters. The Morgan fingerprint density at radius 3 is 2.89 bits per heavy atom. The molecular formula is C15H21NO2. The maximum absolute atomic E-state index is 11.7. The van der Waals surface area contributed by atoms with E-state index < -0.39 is 0 Å². The average molecular weight is 247 g/mol. The third-order valence-electron chi connectivity index (χ3n) is 3.33. The Bertz CT molecular complexity index is 358. The van der Waals surface area contributed by atoms with Crippen molar-refractivity contribution in [2.75, 3.05) is 19.7 Å². The summed E-state index contributed by atoms with van der Waals surface area (Å²) in [5, 5.41) is 3.23. The predicted molar refractivity (Wildman–Crippen MR) is 71.3 cm³/mol. The second-order valence-electron chi connectivity index (χ2n) is 4.80. The highest BCUT2D eigenvalue weighted by Gasteiger charge is 2.21. The highest BCUT2D eigenvalue weighted by molar-refractivity contribution is 5.72. The zero-order valence-corrected chi connectivity index (χ0v) is 10.7. The minimum Gasteiger partial charge on any atom is -0.465 e. The summed E-state index contributed by atoms with van der Waals surface area (Å²) in [4.78, 5) is 11.7. The summed E-state index contributed by atoms with van der Waals surface area (Å²) >= 11 is 0. The Kier molecular flexibility index (Phi) is 5.21. The SMILES string of the molecule is O=C(OCCCc1ccccc1)C1CCCNC1. The molecule has 0 spiro atoms. The summed E-state index contributed by atoms with van der Waals surface area (Å²) in [5.74, 6) is 0.0331. The first kappa shape index (κ1) is 13.1. The Morgan fingerprint density at radius 1 is 1.33 bits per heavy atom. The highest BCUT2D eigenvalue weighted by atomic mass is 16.5. The molecule has 0 aromatic heterocycles. The monoisotopic (exact) mass is 247 g/mol. The average Bonchev–Trinajstić information content (AvgIpc) is 2.45. The molecule has 0 radical (unpaired) electrons. The summed E-state index contributed by atoms with van der Waals surface area (Å²) in [7, 11) is 0. The van der Waals surface area contributed by atoms with Crippen LogP contribution in [-0.4, -0.2) is 25.7 Å². The van der Waals surface area contributed by atoms with E-state index in [1.807, 2.05) is 18.2 Å². The molecule has 1 aromatic carbocycles. The van der Waals surface area contributed by atoms with Gasteiger partial charge in [-0.25, -0.2) is 0 Å². The maximum Gasteiger partial charge on any atom is 0.310 e. The molecule has 3 nitrogen and oxygen atoms in total. The number of esters is 1. The lowest BCUT2D eigenvalue weighted by molar-refractivity contribution is -0.149. The molecule has 1 N–H and O–H groups in total. The van der Waals surface area contributed by atoms with Crippen molar-refractivity contribution in [2.45, 2.75) is 25.7 Å². The number of rotatable bonds is 5. The number of piperidine rings is 1. The van der Waals surface area contributed by atoms with Gasteiger partial charge in [-0.05, 0) is 37.8 Å². The van der Waals surface area contributed by atoms with Gasteiger partial charge in [-0.1, -0.05) is 30.3 Å². The molecule has 0 aliphatic carbocycles. The molecule has 1 heterocycles. The van der Waals surface area contributed by atoms with Gasteiger partial charge >= 0.3 is 5.97 Å². The summed E-state index contributed by atoms with van der Waals surface area (Å²) in [6.45, 7) is 2.33. The van der Waals surface area contributed by atoms with Crippen molar-refractivity contribution in [1.82, 2.24) is 5.32 Å². The minimum absolute atomic E-state index is 0.0322. The van der Waals surface area contributed by atoms with Gasteiger partial charge in [-0.3, -0.25) is 4.79 Å². The van der Waals surface area contributed by atoms with Gasteiger partial charge in [0.25, 0.3) is 0 Å². The first-order chi connectivity index (χ1) is 8.86. The number of aryl methyl sites for hydroxylation is 1. The minimum atomic E-state index is -0.0322. The van der Waals surface area contributed by atoms with E-state index in [0.717, 1.165) is 38.8 Å². The zero-order valence-electron chi connectivity index (χ0n) is 10.7. The van der Waals surface area contributed by atoms with Crippen LogP contribution in [0.2, 0.25) is 0 Å². The molecule has 1 fully saturated rings. The van der Waals surface area contributed by atoms with Crippen molar-refractivity contribution in [3.8, 4) is 0 Å².